The molecule has 1 aromatic carbocycles. The first-order chi connectivity index (χ1) is 15.6. The van der Waals surface area contributed by atoms with Crippen LogP contribution >= 0.6 is 22.7 Å². The van der Waals surface area contributed by atoms with Crippen LogP contribution in [0.4, 0.5) is 4.39 Å². The SMILES string of the molecule is O=C(OCc1cc(=O)n2c3c(sc2n1)CCCC3)/C(=C/c1ccc(F)cc1)c1cccs1. The summed E-state index contributed by atoms with van der Waals surface area (Å²) in [4.78, 5) is 32.8. The maximum atomic E-state index is 13.2. The number of ether oxygens (including phenoxy) is 1. The van der Waals surface area contributed by atoms with Crippen LogP contribution in [0.15, 0.2) is 52.6 Å². The van der Waals surface area contributed by atoms with Gasteiger partial charge in [-0.15, -0.1) is 22.7 Å². The third kappa shape index (κ3) is 4.16. The zero-order valence-electron chi connectivity index (χ0n) is 17.0. The van der Waals surface area contributed by atoms with Crippen molar-refractivity contribution in [3.63, 3.8) is 0 Å². The molecule has 5 rings (SSSR count). The van der Waals surface area contributed by atoms with Crippen molar-refractivity contribution in [3.8, 4) is 0 Å². The third-order valence-corrected chi connectivity index (χ3v) is 7.40. The highest BCUT2D eigenvalue weighted by atomic mass is 32.1. The number of hydrogen-bond donors (Lipinski definition) is 0. The van der Waals surface area contributed by atoms with Crippen molar-refractivity contribution in [2.45, 2.75) is 32.3 Å². The fourth-order valence-electron chi connectivity index (χ4n) is 3.82. The van der Waals surface area contributed by atoms with Crippen LogP contribution in [0.1, 0.15) is 39.5 Å². The second kappa shape index (κ2) is 8.80. The number of rotatable bonds is 5. The molecule has 5 nitrogen and oxygen atoms in total. The highest BCUT2D eigenvalue weighted by Crippen LogP contribution is 2.28. The topological polar surface area (TPSA) is 60.7 Å². The number of aromatic nitrogens is 2. The minimum Gasteiger partial charge on any atom is -0.456 e. The predicted molar refractivity (Wildman–Crippen MR) is 124 cm³/mol. The van der Waals surface area contributed by atoms with E-state index in [-0.39, 0.29) is 18.0 Å². The van der Waals surface area contributed by atoms with Gasteiger partial charge in [-0.3, -0.25) is 9.20 Å². The van der Waals surface area contributed by atoms with E-state index in [1.54, 1.807) is 33.9 Å². The minimum absolute atomic E-state index is 0.0979. The number of benzene rings is 1. The number of aryl methyl sites for hydroxylation is 2. The summed E-state index contributed by atoms with van der Waals surface area (Å²) in [6.45, 7) is -0.0979. The number of carbonyl (C=O) groups excluding carboxylic acids is 1. The van der Waals surface area contributed by atoms with E-state index in [1.165, 1.54) is 34.4 Å². The van der Waals surface area contributed by atoms with Gasteiger partial charge in [-0.2, -0.15) is 0 Å². The smallest absolute Gasteiger partial charge is 0.339 e. The molecule has 0 radical (unpaired) electrons. The molecule has 0 saturated carbocycles. The molecule has 3 aromatic heterocycles. The Morgan fingerprint density at radius 2 is 2.00 bits per heavy atom. The molecule has 0 aliphatic heterocycles. The number of nitrogens with zero attached hydrogens (tertiary/aromatic N) is 2. The van der Waals surface area contributed by atoms with Crippen LogP contribution in [0.2, 0.25) is 0 Å². The Hall–Kier alpha value is -3.10. The van der Waals surface area contributed by atoms with Gasteiger partial charge in [-0.05, 0) is 60.9 Å². The van der Waals surface area contributed by atoms with Crippen molar-refractivity contribution < 1.29 is 13.9 Å². The summed E-state index contributed by atoms with van der Waals surface area (Å²) < 4.78 is 20.5. The molecule has 4 aromatic rings. The molecule has 8 heteroatoms. The highest BCUT2D eigenvalue weighted by molar-refractivity contribution is 7.17. The van der Waals surface area contributed by atoms with Crippen LogP contribution < -0.4 is 5.56 Å². The lowest BCUT2D eigenvalue weighted by atomic mass is 10.0. The van der Waals surface area contributed by atoms with E-state index in [0.717, 1.165) is 36.3 Å². The number of esters is 1. The van der Waals surface area contributed by atoms with Crippen molar-refractivity contribution in [1.82, 2.24) is 9.38 Å². The number of hydrogen-bond acceptors (Lipinski definition) is 6. The molecule has 162 valence electrons. The molecule has 0 fully saturated rings. The Bertz CT molecular complexity index is 1370. The van der Waals surface area contributed by atoms with E-state index in [2.05, 4.69) is 4.98 Å². The first kappa shape index (κ1) is 20.8. The quantitative estimate of drug-likeness (QED) is 0.303. The molecule has 0 N–H and O–H groups in total. The van der Waals surface area contributed by atoms with Crippen molar-refractivity contribution in [2.24, 2.45) is 0 Å². The number of thiazole rings is 1. The van der Waals surface area contributed by atoms with Crippen molar-refractivity contribution in [1.29, 1.82) is 0 Å². The first-order valence-corrected chi connectivity index (χ1v) is 12.0. The summed E-state index contributed by atoms with van der Waals surface area (Å²) >= 11 is 2.95. The monoisotopic (exact) mass is 466 g/mol. The average Bonchev–Trinajstić information content (AvgIpc) is 3.45. The number of carbonyl (C=O) groups is 1. The average molecular weight is 467 g/mol. The van der Waals surface area contributed by atoms with Gasteiger partial charge < -0.3 is 4.74 Å². The van der Waals surface area contributed by atoms with Gasteiger partial charge in [0.15, 0.2) is 4.96 Å². The van der Waals surface area contributed by atoms with Gasteiger partial charge >= 0.3 is 5.97 Å². The van der Waals surface area contributed by atoms with Gasteiger partial charge in [0.2, 0.25) is 0 Å². The van der Waals surface area contributed by atoms with Gasteiger partial charge in [0.1, 0.15) is 12.4 Å². The Kier molecular flexibility index (Phi) is 5.71. The zero-order chi connectivity index (χ0) is 22.1. The van der Waals surface area contributed by atoms with E-state index in [4.69, 9.17) is 4.74 Å². The van der Waals surface area contributed by atoms with Gasteiger partial charge in [-0.1, -0.05) is 18.2 Å². The molecule has 0 spiro atoms. The Morgan fingerprint density at radius 3 is 2.78 bits per heavy atom. The molecule has 0 atom stereocenters. The van der Waals surface area contributed by atoms with Crippen molar-refractivity contribution >= 4 is 45.3 Å². The lowest BCUT2D eigenvalue weighted by Gasteiger charge is -2.10. The van der Waals surface area contributed by atoms with Crippen LogP contribution in [0, 0.1) is 5.82 Å². The van der Waals surface area contributed by atoms with E-state index < -0.39 is 5.97 Å². The lowest BCUT2D eigenvalue weighted by molar-refractivity contribution is -0.137. The predicted octanol–water partition coefficient (Wildman–Crippen LogP) is 5.12. The number of halogens is 1. The highest BCUT2D eigenvalue weighted by Gasteiger charge is 2.20. The van der Waals surface area contributed by atoms with Gasteiger partial charge in [0.25, 0.3) is 5.56 Å². The largest absolute Gasteiger partial charge is 0.456 e. The van der Waals surface area contributed by atoms with Crippen LogP contribution in [0.3, 0.4) is 0 Å². The second-order valence-corrected chi connectivity index (χ2v) is 9.56. The molecule has 3 heterocycles. The standard InChI is InChI=1S/C24H19FN2O3S2/c25-16-9-7-15(8-10-16)12-18(20-6-3-11-31-20)23(29)30-14-17-13-22(28)27-19-4-1-2-5-21(19)32-24(27)26-17/h3,6-13H,1-2,4-5,14H2/b18-12+. The molecule has 0 saturated heterocycles. The van der Waals surface area contributed by atoms with E-state index in [1.807, 2.05) is 17.5 Å². The molecule has 0 bridgehead atoms. The van der Waals surface area contributed by atoms with Crippen LogP contribution in [-0.2, 0) is 29.0 Å². The molecule has 32 heavy (non-hydrogen) atoms. The summed E-state index contributed by atoms with van der Waals surface area (Å²) in [7, 11) is 0. The second-order valence-electron chi connectivity index (χ2n) is 7.55. The van der Waals surface area contributed by atoms with Crippen molar-refractivity contribution in [2.75, 3.05) is 0 Å². The van der Waals surface area contributed by atoms with E-state index >= 15 is 0 Å². The van der Waals surface area contributed by atoms with Gasteiger partial charge in [0, 0.05) is 21.5 Å². The maximum absolute atomic E-state index is 13.2. The first-order valence-electron chi connectivity index (χ1n) is 10.3. The maximum Gasteiger partial charge on any atom is 0.339 e. The molecule has 1 aliphatic carbocycles. The summed E-state index contributed by atoms with van der Waals surface area (Å²) in [5.74, 6) is -0.866. The van der Waals surface area contributed by atoms with E-state index in [9.17, 15) is 14.0 Å². The lowest BCUT2D eigenvalue weighted by Crippen LogP contribution is -2.18. The van der Waals surface area contributed by atoms with Crippen molar-refractivity contribution in [3.05, 3.63) is 90.7 Å². The summed E-state index contributed by atoms with van der Waals surface area (Å²) in [5, 5.41) is 1.87. The molecule has 0 unspecified atom stereocenters. The summed E-state index contributed by atoms with van der Waals surface area (Å²) in [5.41, 5.74) is 2.42. The van der Waals surface area contributed by atoms with E-state index in [0.29, 0.717) is 21.8 Å². The third-order valence-electron chi connectivity index (χ3n) is 5.35. The molecular weight excluding hydrogens is 447 g/mol. The summed E-state index contributed by atoms with van der Waals surface area (Å²) in [6, 6.07) is 11.0. The number of fused-ring (bicyclic) bond motifs is 3. The Morgan fingerprint density at radius 1 is 1.19 bits per heavy atom. The Balaban J connectivity index is 1.40. The fraction of sp³-hybridized carbons (Fsp3) is 0.208. The van der Waals surface area contributed by atoms with Crippen LogP contribution in [0.25, 0.3) is 16.6 Å². The van der Waals surface area contributed by atoms with Gasteiger partial charge in [-0.25, -0.2) is 14.2 Å². The Labute approximate surface area is 191 Å². The molecule has 0 amide bonds. The normalized spacial score (nSPS) is 13.8. The summed E-state index contributed by atoms with van der Waals surface area (Å²) in [6.07, 6.45) is 5.75. The molecular formula is C24H19FN2O3S2. The number of thiophene rings is 1. The minimum atomic E-state index is -0.524. The van der Waals surface area contributed by atoms with Crippen LogP contribution in [0.5, 0.6) is 0 Å². The fourth-order valence-corrected chi connectivity index (χ4v) is 5.78. The molecule has 1 aliphatic rings. The zero-order valence-corrected chi connectivity index (χ0v) is 18.7. The van der Waals surface area contributed by atoms with Crippen LogP contribution in [-0.4, -0.2) is 15.4 Å². The van der Waals surface area contributed by atoms with Gasteiger partial charge in [0.05, 0.1) is 11.3 Å².